The first kappa shape index (κ1) is 15.5. The molecule has 2 rings (SSSR count). The number of nitrogens with two attached hydrogens (primary N) is 1. The largest absolute Gasteiger partial charge is 0.398 e. The van der Waals surface area contributed by atoms with E-state index in [2.05, 4.69) is 43.2 Å². The summed E-state index contributed by atoms with van der Waals surface area (Å²) in [4.78, 5) is -0.489. The summed E-state index contributed by atoms with van der Waals surface area (Å²) < 4.78 is 41.6. The zero-order chi connectivity index (χ0) is 14.9. The van der Waals surface area contributed by atoms with Crippen molar-refractivity contribution in [1.82, 2.24) is 0 Å². The topological polar surface area (TPSA) is 72.2 Å². The fourth-order valence-electron chi connectivity index (χ4n) is 1.51. The van der Waals surface area contributed by atoms with E-state index in [9.17, 15) is 12.8 Å². The molecule has 0 unspecified atom stereocenters. The summed E-state index contributed by atoms with van der Waals surface area (Å²) in [7, 11) is -4.03. The third kappa shape index (κ3) is 3.41. The third-order valence-electron chi connectivity index (χ3n) is 2.42. The highest BCUT2D eigenvalue weighted by molar-refractivity contribution is 14.1. The predicted octanol–water partition coefficient (Wildman–Crippen LogP) is 3.58. The summed E-state index contributed by atoms with van der Waals surface area (Å²) in [6.45, 7) is 0. The first-order chi connectivity index (χ1) is 9.29. The third-order valence-corrected chi connectivity index (χ3v) is 5.17. The molecule has 0 fully saturated rings. The van der Waals surface area contributed by atoms with Crippen molar-refractivity contribution in [1.29, 1.82) is 0 Å². The monoisotopic (exact) mass is 470 g/mol. The Morgan fingerprint density at radius 1 is 1.25 bits per heavy atom. The Morgan fingerprint density at radius 3 is 2.60 bits per heavy atom. The molecule has 0 radical (unpaired) electrons. The fraction of sp³-hybridized carbons (Fsp3) is 0. The molecule has 20 heavy (non-hydrogen) atoms. The van der Waals surface area contributed by atoms with E-state index in [-0.39, 0.29) is 5.69 Å². The molecule has 0 aliphatic heterocycles. The molecule has 2 aromatic carbocycles. The van der Waals surface area contributed by atoms with Gasteiger partial charge in [0.25, 0.3) is 10.0 Å². The van der Waals surface area contributed by atoms with E-state index in [1.807, 2.05) is 6.07 Å². The van der Waals surface area contributed by atoms with Crippen molar-refractivity contribution in [2.24, 2.45) is 0 Å². The molecule has 0 amide bonds. The maximum absolute atomic E-state index is 13.8. The number of halogens is 3. The minimum absolute atomic E-state index is 0.148. The van der Waals surface area contributed by atoms with Gasteiger partial charge in [-0.1, -0.05) is 6.07 Å². The normalized spacial score (nSPS) is 11.3. The van der Waals surface area contributed by atoms with Crippen LogP contribution >= 0.6 is 38.5 Å². The molecular formula is C12H9BrFIN2O2S. The van der Waals surface area contributed by atoms with Crippen LogP contribution in [-0.2, 0) is 10.0 Å². The lowest BCUT2D eigenvalue weighted by Gasteiger charge is -2.10. The van der Waals surface area contributed by atoms with Crippen LogP contribution in [0, 0.1) is 9.39 Å². The highest BCUT2D eigenvalue weighted by Gasteiger charge is 2.21. The number of hydrogen-bond acceptors (Lipinski definition) is 3. The summed E-state index contributed by atoms with van der Waals surface area (Å²) in [5, 5.41) is 0. The second kappa shape index (κ2) is 5.86. The van der Waals surface area contributed by atoms with Gasteiger partial charge in [-0.25, -0.2) is 12.8 Å². The second-order valence-electron chi connectivity index (χ2n) is 3.92. The van der Waals surface area contributed by atoms with Crippen molar-refractivity contribution in [3.63, 3.8) is 0 Å². The van der Waals surface area contributed by atoms with Crippen LogP contribution in [0.15, 0.2) is 45.8 Å². The standard InChI is InChI=1S/C12H9BrFIN2O2S/c13-9-5-10(14)12(6-11(9)16)20(18,19)17-8-3-1-2-7(15)4-8/h1-6,17H,16H2. The number of anilines is 2. The molecule has 8 heteroatoms. The maximum atomic E-state index is 13.8. The van der Waals surface area contributed by atoms with Crippen molar-refractivity contribution in [2.75, 3.05) is 10.5 Å². The minimum Gasteiger partial charge on any atom is -0.398 e. The molecule has 106 valence electrons. The molecule has 0 saturated heterocycles. The lowest BCUT2D eigenvalue weighted by molar-refractivity contribution is 0.570. The van der Waals surface area contributed by atoms with Crippen LogP contribution in [0.4, 0.5) is 15.8 Å². The highest BCUT2D eigenvalue weighted by Crippen LogP contribution is 2.27. The zero-order valence-electron chi connectivity index (χ0n) is 9.90. The van der Waals surface area contributed by atoms with E-state index in [1.54, 1.807) is 18.2 Å². The summed E-state index contributed by atoms with van der Waals surface area (Å²) in [5.74, 6) is -0.871. The van der Waals surface area contributed by atoms with Gasteiger partial charge in [0.15, 0.2) is 0 Å². The Labute approximate surface area is 137 Å². The smallest absolute Gasteiger partial charge is 0.264 e. The van der Waals surface area contributed by atoms with Gasteiger partial charge in [-0.3, -0.25) is 4.72 Å². The minimum atomic E-state index is -4.03. The first-order valence-corrected chi connectivity index (χ1v) is 8.68. The number of hydrogen-bond donors (Lipinski definition) is 2. The molecule has 0 heterocycles. The predicted molar refractivity (Wildman–Crippen MR) is 88.5 cm³/mol. The Kier molecular flexibility index (Phi) is 4.55. The van der Waals surface area contributed by atoms with Crippen molar-refractivity contribution >= 4 is 59.9 Å². The van der Waals surface area contributed by atoms with Crippen LogP contribution in [0.3, 0.4) is 0 Å². The van der Waals surface area contributed by atoms with E-state index in [4.69, 9.17) is 5.73 Å². The van der Waals surface area contributed by atoms with E-state index in [0.29, 0.717) is 10.2 Å². The van der Waals surface area contributed by atoms with E-state index >= 15 is 0 Å². The zero-order valence-corrected chi connectivity index (χ0v) is 14.5. The summed E-state index contributed by atoms with van der Waals surface area (Å²) in [6, 6.07) is 8.84. The van der Waals surface area contributed by atoms with Crippen LogP contribution in [-0.4, -0.2) is 8.42 Å². The van der Waals surface area contributed by atoms with E-state index in [0.717, 1.165) is 15.7 Å². The van der Waals surface area contributed by atoms with Gasteiger partial charge in [-0.05, 0) is 68.9 Å². The number of rotatable bonds is 3. The van der Waals surface area contributed by atoms with E-state index < -0.39 is 20.7 Å². The van der Waals surface area contributed by atoms with Crippen LogP contribution in [0.5, 0.6) is 0 Å². The molecule has 0 aromatic heterocycles. The lowest BCUT2D eigenvalue weighted by atomic mass is 10.3. The molecule has 0 aliphatic rings. The van der Waals surface area contributed by atoms with Gasteiger partial charge < -0.3 is 5.73 Å². The summed E-state index contributed by atoms with van der Waals surface area (Å²) in [5.41, 5.74) is 6.10. The number of sulfonamides is 1. The second-order valence-corrected chi connectivity index (χ2v) is 7.67. The van der Waals surface area contributed by atoms with Gasteiger partial charge in [0.05, 0.1) is 0 Å². The Balaban J connectivity index is 2.43. The Hall–Kier alpha value is -0.870. The van der Waals surface area contributed by atoms with Gasteiger partial charge in [0.1, 0.15) is 10.7 Å². The molecule has 0 atom stereocenters. The van der Waals surface area contributed by atoms with Crippen LogP contribution < -0.4 is 10.5 Å². The molecule has 0 saturated carbocycles. The van der Waals surface area contributed by atoms with Gasteiger partial charge in [0.2, 0.25) is 0 Å². The quantitative estimate of drug-likeness (QED) is 0.532. The molecule has 0 bridgehead atoms. The molecule has 3 N–H and O–H groups in total. The Morgan fingerprint density at radius 2 is 1.95 bits per heavy atom. The summed E-state index contributed by atoms with van der Waals surface area (Å²) in [6.07, 6.45) is 0. The van der Waals surface area contributed by atoms with Gasteiger partial charge in [-0.15, -0.1) is 0 Å². The lowest BCUT2D eigenvalue weighted by Crippen LogP contribution is -2.15. The average Bonchev–Trinajstić information content (AvgIpc) is 2.33. The maximum Gasteiger partial charge on any atom is 0.264 e. The van der Waals surface area contributed by atoms with Crippen LogP contribution in [0.2, 0.25) is 0 Å². The molecule has 4 nitrogen and oxygen atoms in total. The van der Waals surface area contributed by atoms with Crippen LogP contribution in [0.25, 0.3) is 0 Å². The van der Waals surface area contributed by atoms with Gasteiger partial charge in [0, 0.05) is 19.4 Å². The highest BCUT2D eigenvalue weighted by atomic mass is 127. The van der Waals surface area contributed by atoms with Crippen molar-refractivity contribution in [2.45, 2.75) is 4.90 Å². The van der Waals surface area contributed by atoms with Crippen molar-refractivity contribution in [3.8, 4) is 0 Å². The van der Waals surface area contributed by atoms with Crippen molar-refractivity contribution < 1.29 is 12.8 Å². The van der Waals surface area contributed by atoms with E-state index in [1.165, 1.54) is 0 Å². The Bertz CT molecular complexity index is 768. The van der Waals surface area contributed by atoms with Crippen LogP contribution in [0.1, 0.15) is 0 Å². The molecular weight excluding hydrogens is 462 g/mol. The molecule has 0 aliphatic carbocycles. The SMILES string of the molecule is Nc1cc(S(=O)(=O)Nc2cccc(I)c2)c(F)cc1Br. The number of nitrogens with one attached hydrogen (secondary N) is 1. The first-order valence-electron chi connectivity index (χ1n) is 5.32. The summed E-state index contributed by atoms with van der Waals surface area (Å²) >= 11 is 5.09. The molecule has 2 aromatic rings. The number of nitrogen functional groups attached to an aromatic ring is 1. The average molecular weight is 471 g/mol. The van der Waals surface area contributed by atoms with Gasteiger partial charge >= 0.3 is 0 Å². The van der Waals surface area contributed by atoms with Gasteiger partial charge in [-0.2, -0.15) is 0 Å². The number of benzene rings is 2. The fourth-order valence-corrected chi connectivity index (χ4v) is 3.52. The van der Waals surface area contributed by atoms with Crippen molar-refractivity contribution in [3.05, 3.63) is 50.3 Å². The molecule has 0 spiro atoms.